The Balaban J connectivity index is 1.57. The van der Waals surface area contributed by atoms with Gasteiger partial charge >= 0.3 is 7.12 Å². The summed E-state index contributed by atoms with van der Waals surface area (Å²) in [4.78, 5) is 0. The van der Waals surface area contributed by atoms with Gasteiger partial charge in [-0.2, -0.15) is 0 Å². The van der Waals surface area contributed by atoms with Crippen molar-refractivity contribution >= 4 is 7.12 Å². The van der Waals surface area contributed by atoms with E-state index in [0.717, 1.165) is 12.5 Å². The van der Waals surface area contributed by atoms with E-state index < -0.39 is 0 Å². The maximum Gasteiger partial charge on any atom is 0.475 e. The predicted molar refractivity (Wildman–Crippen MR) is 71.1 cm³/mol. The minimum atomic E-state index is -0.0345. The number of hydrogen-bond donors (Lipinski definition) is 1. The van der Waals surface area contributed by atoms with Crippen LogP contribution in [0.15, 0.2) is 0 Å². The summed E-state index contributed by atoms with van der Waals surface area (Å²) in [5, 5.41) is 3.52. The molecular weight excluding hydrogens is 225 g/mol. The molecule has 0 aromatic heterocycles. The summed E-state index contributed by atoms with van der Waals surface area (Å²) < 4.78 is 12.7. The van der Waals surface area contributed by atoms with Crippen LogP contribution in [-0.2, 0) is 9.31 Å². The monoisotopic (exact) mass is 249 g/mol. The molecule has 0 aromatic carbocycles. The molecule has 0 unspecified atom stereocenters. The Morgan fingerprint density at radius 1 is 1.22 bits per heavy atom. The van der Waals surface area contributed by atoms with Crippen LogP contribution in [0.4, 0.5) is 0 Å². The summed E-state index contributed by atoms with van der Waals surface area (Å²) in [6, 6.07) is 0. The standard InChI is InChI=1S/C14H24BNO2/c1-13(2)9-7-10(13)14(3)11(8-9)17-15(18-14)12-5-4-6-16-12/h9-12,16H,4-8H2,1-3H3/t9-,10-,11+,12-,14+/m1/s1. The van der Waals surface area contributed by atoms with Gasteiger partial charge in [0.05, 0.1) is 11.7 Å². The first-order chi connectivity index (χ1) is 8.52. The molecule has 5 fully saturated rings. The maximum atomic E-state index is 6.44. The maximum absolute atomic E-state index is 6.44. The lowest BCUT2D eigenvalue weighted by Crippen LogP contribution is -2.65. The molecule has 5 rings (SSSR count). The minimum Gasteiger partial charge on any atom is -0.404 e. The fourth-order valence-electron chi connectivity index (χ4n) is 5.01. The largest absolute Gasteiger partial charge is 0.475 e. The van der Waals surface area contributed by atoms with Crippen LogP contribution < -0.4 is 5.32 Å². The highest BCUT2D eigenvalue weighted by Crippen LogP contribution is 2.65. The molecule has 1 N–H and O–H groups in total. The molecule has 18 heavy (non-hydrogen) atoms. The second kappa shape index (κ2) is 3.53. The van der Waals surface area contributed by atoms with Crippen molar-refractivity contribution in [1.82, 2.24) is 5.32 Å². The van der Waals surface area contributed by atoms with Gasteiger partial charge in [-0.05, 0) is 56.4 Å². The Hall–Kier alpha value is -0.0551. The summed E-state index contributed by atoms with van der Waals surface area (Å²) >= 11 is 0. The van der Waals surface area contributed by atoms with E-state index in [1.165, 1.54) is 25.7 Å². The van der Waals surface area contributed by atoms with E-state index >= 15 is 0 Å². The number of hydrogen-bond acceptors (Lipinski definition) is 3. The molecule has 2 heterocycles. The lowest BCUT2D eigenvalue weighted by atomic mass is 9.43. The molecule has 2 aliphatic heterocycles. The first-order valence-electron chi connectivity index (χ1n) is 7.58. The van der Waals surface area contributed by atoms with Gasteiger partial charge in [0, 0.05) is 5.94 Å². The predicted octanol–water partition coefficient (Wildman–Crippen LogP) is 2.01. The molecule has 100 valence electrons. The third-order valence-corrected chi connectivity index (χ3v) is 6.40. The molecule has 3 saturated carbocycles. The van der Waals surface area contributed by atoms with E-state index in [0.29, 0.717) is 23.4 Å². The molecule has 5 atom stereocenters. The fourth-order valence-corrected chi connectivity index (χ4v) is 5.01. The van der Waals surface area contributed by atoms with E-state index in [1.54, 1.807) is 0 Å². The van der Waals surface area contributed by atoms with Crippen LogP contribution in [0.5, 0.6) is 0 Å². The highest BCUT2D eigenvalue weighted by atomic mass is 16.7. The van der Waals surface area contributed by atoms with Crippen molar-refractivity contribution in [3.05, 3.63) is 0 Å². The van der Waals surface area contributed by atoms with Crippen molar-refractivity contribution in [3.63, 3.8) is 0 Å². The van der Waals surface area contributed by atoms with Gasteiger partial charge in [0.2, 0.25) is 0 Å². The van der Waals surface area contributed by atoms with Crippen molar-refractivity contribution in [2.45, 2.75) is 64.1 Å². The summed E-state index contributed by atoms with van der Waals surface area (Å²) in [7, 11) is -0.00218. The Bertz CT molecular complexity index is 369. The average Bonchev–Trinajstić information content (AvgIpc) is 2.92. The van der Waals surface area contributed by atoms with E-state index in [1.807, 2.05) is 0 Å². The topological polar surface area (TPSA) is 30.5 Å². The van der Waals surface area contributed by atoms with Gasteiger partial charge in [0.1, 0.15) is 0 Å². The van der Waals surface area contributed by atoms with E-state index in [-0.39, 0.29) is 12.7 Å². The Morgan fingerprint density at radius 2 is 2.06 bits per heavy atom. The third-order valence-electron chi connectivity index (χ3n) is 6.40. The Labute approximate surface area is 110 Å². The van der Waals surface area contributed by atoms with Crippen LogP contribution in [0.1, 0.15) is 46.5 Å². The zero-order valence-corrected chi connectivity index (χ0v) is 11.7. The highest BCUT2D eigenvalue weighted by molar-refractivity contribution is 6.47. The zero-order valence-electron chi connectivity index (χ0n) is 11.7. The second-order valence-electron chi connectivity index (χ2n) is 7.54. The van der Waals surface area contributed by atoms with Gasteiger partial charge in [-0.15, -0.1) is 0 Å². The van der Waals surface area contributed by atoms with Crippen LogP contribution in [0.3, 0.4) is 0 Å². The first kappa shape index (κ1) is 11.7. The number of nitrogens with one attached hydrogen (secondary N) is 1. The van der Waals surface area contributed by atoms with Crippen molar-refractivity contribution in [2.24, 2.45) is 17.3 Å². The van der Waals surface area contributed by atoms with Gasteiger partial charge in [0.25, 0.3) is 0 Å². The normalized spacial score (nSPS) is 53.2. The molecule has 0 amide bonds. The van der Waals surface area contributed by atoms with Crippen LogP contribution >= 0.6 is 0 Å². The lowest BCUT2D eigenvalue weighted by molar-refractivity contribution is -0.199. The minimum absolute atomic E-state index is 0.00218. The van der Waals surface area contributed by atoms with Crippen molar-refractivity contribution in [3.8, 4) is 0 Å². The van der Waals surface area contributed by atoms with Gasteiger partial charge in [-0.1, -0.05) is 13.8 Å². The Morgan fingerprint density at radius 3 is 2.72 bits per heavy atom. The van der Waals surface area contributed by atoms with Gasteiger partial charge in [-0.25, -0.2) is 0 Å². The van der Waals surface area contributed by atoms with Crippen molar-refractivity contribution < 1.29 is 9.31 Å². The van der Waals surface area contributed by atoms with E-state index in [2.05, 4.69) is 26.1 Å². The van der Waals surface area contributed by atoms with Crippen LogP contribution in [0.25, 0.3) is 0 Å². The molecule has 5 aliphatic rings. The molecule has 0 radical (unpaired) electrons. The van der Waals surface area contributed by atoms with E-state index in [4.69, 9.17) is 9.31 Å². The van der Waals surface area contributed by atoms with Gasteiger partial charge < -0.3 is 14.6 Å². The average molecular weight is 249 g/mol. The molecule has 3 aliphatic carbocycles. The van der Waals surface area contributed by atoms with Gasteiger partial charge in [0.15, 0.2) is 0 Å². The molecule has 3 nitrogen and oxygen atoms in total. The van der Waals surface area contributed by atoms with Crippen molar-refractivity contribution in [1.29, 1.82) is 0 Å². The molecule has 0 spiro atoms. The van der Waals surface area contributed by atoms with Crippen LogP contribution in [0.2, 0.25) is 0 Å². The lowest BCUT2D eigenvalue weighted by Gasteiger charge is -2.64. The number of rotatable bonds is 1. The van der Waals surface area contributed by atoms with Gasteiger partial charge in [-0.3, -0.25) is 0 Å². The quantitative estimate of drug-likeness (QED) is 0.721. The fraction of sp³-hybridized carbons (Fsp3) is 1.00. The highest BCUT2D eigenvalue weighted by Gasteiger charge is 2.68. The van der Waals surface area contributed by atoms with Crippen LogP contribution in [0, 0.1) is 17.3 Å². The summed E-state index contributed by atoms with van der Waals surface area (Å²) in [5.41, 5.74) is 0.416. The summed E-state index contributed by atoms with van der Waals surface area (Å²) in [5.74, 6) is 1.95. The second-order valence-corrected chi connectivity index (χ2v) is 7.54. The molecule has 2 saturated heterocycles. The smallest absolute Gasteiger partial charge is 0.404 e. The SMILES string of the molecule is CC1(C)[C@H]2C[C@@H]3OB([C@H]4CCCN4)O[C@@]3(C)[C@@H]1C2. The Kier molecular flexibility index (Phi) is 2.30. The molecule has 4 heteroatoms. The summed E-state index contributed by atoms with van der Waals surface area (Å²) in [6.07, 6.45) is 5.33. The van der Waals surface area contributed by atoms with E-state index in [9.17, 15) is 0 Å². The zero-order chi connectivity index (χ0) is 12.5. The molecule has 2 bridgehead atoms. The molecule has 0 aromatic rings. The molecular formula is C14H24BNO2. The summed E-state index contributed by atoms with van der Waals surface area (Å²) in [6.45, 7) is 8.25. The first-order valence-corrected chi connectivity index (χ1v) is 7.58. The van der Waals surface area contributed by atoms with Crippen molar-refractivity contribution in [2.75, 3.05) is 6.54 Å². The third kappa shape index (κ3) is 1.32. The van der Waals surface area contributed by atoms with Crippen LogP contribution in [-0.4, -0.2) is 31.3 Å².